The first kappa shape index (κ1) is 9.26. The van der Waals surface area contributed by atoms with E-state index in [-0.39, 0.29) is 5.91 Å². The van der Waals surface area contributed by atoms with Gasteiger partial charge in [0.1, 0.15) is 5.54 Å². The number of nitriles is 1. The van der Waals surface area contributed by atoms with Crippen LogP contribution in [0.25, 0.3) is 0 Å². The highest BCUT2D eigenvalue weighted by molar-refractivity contribution is 5.94. The zero-order valence-electron chi connectivity index (χ0n) is 7.46. The molecule has 5 nitrogen and oxygen atoms in total. The van der Waals surface area contributed by atoms with E-state index in [9.17, 15) is 4.79 Å². The molecule has 0 saturated heterocycles. The zero-order chi connectivity index (χ0) is 9.90. The van der Waals surface area contributed by atoms with Gasteiger partial charge in [0, 0.05) is 6.20 Å². The lowest BCUT2D eigenvalue weighted by atomic mass is 10.1. The molecule has 13 heavy (non-hydrogen) atoms. The molecular formula is C8H10N4O. The van der Waals surface area contributed by atoms with Gasteiger partial charge in [-0.25, -0.2) is 0 Å². The molecule has 1 amide bonds. The van der Waals surface area contributed by atoms with Crippen LogP contribution in [0.4, 0.5) is 0 Å². The fourth-order valence-corrected chi connectivity index (χ4v) is 0.759. The van der Waals surface area contributed by atoms with Crippen molar-refractivity contribution in [2.45, 2.75) is 19.4 Å². The molecule has 1 heterocycles. The molecule has 0 aliphatic rings. The number of aromatic nitrogens is 2. The lowest BCUT2D eigenvalue weighted by Crippen LogP contribution is -2.41. The molecular weight excluding hydrogens is 168 g/mol. The molecule has 0 aromatic carbocycles. The molecule has 0 aliphatic heterocycles. The van der Waals surface area contributed by atoms with Crippen LogP contribution < -0.4 is 5.32 Å². The third kappa shape index (κ3) is 2.30. The van der Waals surface area contributed by atoms with Gasteiger partial charge in [-0.05, 0) is 13.8 Å². The highest BCUT2D eigenvalue weighted by atomic mass is 16.1. The second kappa shape index (κ2) is 3.27. The van der Waals surface area contributed by atoms with Gasteiger partial charge in [-0.3, -0.25) is 9.89 Å². The first-order valence-corrected chi connectivity index (χ1v) is 3.78. The van der Waals surface area contributed by atoms with Crippen LogP contribution in [0.3, 0.4) is 0 Å². The van der Waals surface area contributed by atoms with E-state index in [0.717, 1.165) is 0 Å². The summed E-state index contributed by atoms with van der Waals surface area (Å²) in [5.41, 5.74) is -0.433. The van der Waals surface area contributed by atoms with E-state index < -0.39 is 5.54 Å². The Balaban J connectivity index is 2.68. The molecule has 0 bridgehead atoms. The van der Waals surface area contributed by atoms with Crippen LogP contribution in [0.15, 0.2) is 12.4 Å². The van der Waals surface area contributed by atoms with Gasteiger partial charge in [0.25, 0.3) is 5.91 Å². The van der Waals surface area contributed by atoms with E-state index in [1.165, 1.54) is 12.4 Å². The summed E-state index contributed by atoms with van der Waals surface area (Å²) < 4.78 is 0. The first-order chi connectivity index (χ1) is 6.05. The average Bonchev–Trinajstić information content (AvgIpc) is 2.55. The van der Waals surface area contributed by atoms with Crippen LogP contribution in [0.2, 0.25) is 0 Å². The largest absolute Gasteiger partial charge is 0.334 e. The number of rotatable bonds is 2. The van der Waals surface area contributed by atoms with Gasteiger partial charge < -0.3 is 5.32 Å². The Morgan fingerprint density at radius 3 is 2.92 bits per heavy atom. The highest BCUT2D eigenvalue weighted by Gasteiger charge is 2.20. The fourth-order valence-electron chi connectivity index (χ4n) is 0.759. The molecule has 0 aliphatic carbocycles. The number of H-pyrrole nitrogens is 1. The minimum atomic E-state index is -0.853. The molecule has 1 aromatic heterocycles. The van der Waals surface area contributed by atoms with Crippen molar-refractivity contribution in [1.82, 2.24) is 15.5 Å². The molecule has 1 rings (SSSR count). The maximum atomic E-state index is 11.4. The Bertz CT molecular complexity index is 334. The lowest BCUT2D eigenvalue weighted by molar-refractivity contribution is 0.0929. The van der Waals surface area contributed by atoms with Crippen molar-refractivity contribution in [3.8, 4) is 6.07 Å². The number of nitrogens with one attached hydrogen (secondary N) is 2. The van der Waals surface area contributed by atoms with Crippen molar-refractivity contribution in [3.05, 3.63) is 18.0 Å². The predicted molar refractivity (Wildman–Crippen MR) is 45.7 cm³/mol. The number of hydrogen-bond acceptors (Lipinski definition) is 3. The van der Waals surface area contributed by atoms with Gasteiger partial charge in [-0.15, -0.1) is 0 Å². The number of amides is 1. The number of carbonyl (C=O) groups is 1. The van der Waals surface area contributed by atoms with Crippen LogP contribution in [-0.2, 0) is 0 Å². The normalized spacial score (nSPS) is 10.5. The van der Waals surface area contributed by atoms with E-state index in [4.69, 9.17) is 5.26 Å². The maximum Gasteiger partial charge on any atom is 0.255 e. The van der Waals surface area contributed by atoms with E-state index in [1.54, 1.807) is 13.8 Å². The Kier molecular flexibility index (Phi) is 2.33. The summed E-state index contributed by atoms with van der Waals surface area (Å²) in [7, 11) is 0. The summed E-state index contributed by atoms with van der Waals surface area (Å²) in [5.74, 6) is -0.305. The van der Waals surface area contributed by atoms with Crippen molar-refractivity contribution in [3.63, 3.8) is 0 Å². The Morgan fingerprint density at radius 2 is 2.46 bits per heavy atom. The van der Waals surface area contributed by atoms with E-state index in [0.29, 0.717) is 5.56 Å². The van der Waals surface area contributed by atoms with Crippen molar-refractivity contribution < 1.29 is 4.79 Å². The monoisotopic (exact) mass is 178 g/mol. The summed E-state index contributed by atoms with van der Waals surface area (Å²) in [4.78, 5) is 11.4. The van der Waals surface area contributed by atoms with E-state index in [2.05, 4.69) is 15.5 Å². The van der Waals surface area contributed by atoms with Crippen LogP contribution >= 0.6 is 0 Å². The second-order valence-electron chi connectivity index (χ2n) is 3.18. The van der Waals surface area contributed by atoms with Crippen molar-refractivity contribution in [2.75, 3.05) is 0 Å². The van der Waals surface area contributed by atoms with Crippen LogP contribution in [0.1, 0.15) is 24.2 Å². The van der Waals surface area contributed by atoms with Crippen molar-refractivity contribution in [2.24, 2.45) is 0 Å². The van der Waals surface area contributed by atoms with Gasteiger partial charge in [0.15, 0.2) is 0 Å². The summed E-state index contributed by atoms with van der Waals surface area (Å²) in [6, 6.07) is 1.97. The zero-order valence-corrected chi connectivity index (χ0v) is 7.46. The van der Waals surface area contributed by atoms with Crippen molar-refractivity contribution in [1.29, 1.82) is 5.26 Å². The van der Waals surface area contributed by atoms with Crippen LogP contribution in [0.5, 0.6) is 0 Å². The third-order valence-corrected chi connectivity index (χ3v) is 1.47. The summed E-state index contributed by atoms with van der Waals surface area (Å²) in [6.07, 6.45) is 2.88. The smallest absolute Gasteiger partial charge is 0.255 e. The predicted octanol–water partition coefficient (Wildman–Crippen LogP) is 0.442. The van der Waals surface area contributed by atoms with E-state index in [1.807, 2.05) is 6.07 Å². The molecule has 2 N–H and O–H groups in total. The number of hydrogen-bond donors (Lipinski definition) is 2. The topological polar surface area (TPSA) is 81.6 Å². The number of aromatic amines is 1. The molecule has 0 fully saturated rings. The molecule has 68 valence electrons. The summed E-state index contributed by atoms with van der Waals surface area (Å²) >= 11 is 0. The highest BCUT2D eigenvalue weighted by Crippen LogP contribution is 2.02. The molecule has 0 atom stereocenters. The molecule has 0 saturated carbocycles. The SMILES string of the molecule is CC(C)(C#N)NC(=O)c1cn[nH]c1. The molecule has 0 radical (unpaired) electrons. The van der Waals surface area contributed by atoms with Gasteiger partial charge in [0.2, 0.25) is 0 Å². The van der Waals surface area contributed by atoms with Gasteiger partial charge in [-0.2, -0.15) is 10.4 Å². The molecule has 0 spiro atoms. The van der Waals surface area contributed by atoms with Crippen molar-refractivity contribution >= 4 is 5.91 Å². The summed E-state index contributed by atoms with van der Waals surface area (Å²) in [5, 5.41) is 17.4. The Hall–Kier alpha value is -1.83. The molecule has 5 heteroatoms. The minimum absolute atomic E-state index is 0.305. The standard InChI is InChI=1S/C8H10N4O/c1-8(2,5-9)12-7(13)6-3-10-11-4-6/h3-4H,1-2H3,(H,10,11)(H,12,13). The lowest BCUT2D eigenvalue weighted by Gasteiger charge is -2.16. The summed E-state index contributed by atoms with van der Waals surface area (Å²) in [6.45, 7) is 3.26. The maximum absolute atomic E-state index is 11.4. The quantitative estimate of drug-likeness (QED) is 0.689. The van der Waals surface area contributed by atoms with Crippen LogP contribution in [-0.4, -0.2) is 21.6 Å². The number of nitrogens with zero attached hydrogens (tertiary/aromatic N) is 2. The molecule has 0 unspecified atom stereocenters. The fraction of sp³-hybridized carbons (Fsp3) is 0.375. The first-order valence-electron chi connectivity index (χ1n) is 3.78. The second-order valence-corrected chi connectivity index (χ2v) is 3.18. The van der Waals surface area contributed by atoms with Crippen LogP contribution in [0, 0.1) is 11.3 Å². The average molecular weight is 178 g/mol. The molecule has 1 aromatic rings. The minimum Gasteiger partial charge on any atom is -0.334 e. The Labute approximate surface area is 75.8 Å². The number of carbonyl (C=O) groups excluding carboxylic acids is 1. The van der Waals surface area contributed by atoms with Gasteiger partial charge >= 0.3 is 0 Å². The Morgan fingerprint density at radius 1 is 1.77 bits per heavy atom. The van der Waals surface area contributed by atoms with Gasteiger partial charge in [0.05, 0.1) is 17.8 Å². The third-order valence-electron chi connectivity index (χ3n) is 1.47. The van der Waals surface area contributed by atoms with E-state index >= 15 is 0 Å². The van der Waals surface area contributed by atoms with Gasteiger partial charge in [-0.1, -0.05) is 0 Å².